The number of ether oxygens (including phenoxy) is 2. The molecule has 1 aliphatic carbocycles. The van der Waals surface area contributed by atoms with Gasteiger partial charge in [0.05, 0.1) is 25.6 Å². The van der Waals surface area contributed by atoms with Gasteiger partial charge in [0.2, 0.25) is 0 Å². The summed E-state index contributed by atoms with van der Waals surface area (Å²) >= 11 is 0. The first-order valence-electron chi connectivity index (χ1n) is 7.85. The van der Waals surface area contributed by atoms with Crippen molar-refractivity contribution in [3.8, 4) is 5.75 Å². The maximum atomic E-state index is 6.09. The molecule has 2 aliphatic rings. The summed E-state index contributed by atoms with van der Waals surface area (Å²) in [5.74, 6) is 1.83. The quantitative estimate of drug-likeness (QED) is 0.868. The molecular formula is C17H20N2O3. The predicted molar refractivity (Wildman–Crippen MR) is 80.5 cm³/mol. The van der Waals surface area contributed by atoms with Crippen LogP contribution in [0.2, 0.25) is 0 Å². The molecule has 2 aromatic heterocycles. The molecule has 0 spiro atoms. The molecule has 116 valence electrons. The number of nitrogens with zero attached hydrogens (tertiary/aromatic N) is 2. The van der Waals surface area contributed by atoms with Crippen LogP contribution in [-0.2, 0) is 11.3 Å². The van der Waals surface area contributed by atoms with Crippen molar-refractivity contribution in [2.24, 2.45) is 0 Å². The Morgan fingerprint density at radius 2 is 2.27 bits per heavy atom. The van der Waals surface area contributed by atoms with Gasteiger partial charge in [0.1, 0.15) is 23.7 Å². The van der Waals surface area contributed by atoms with Gasteiger partial charge in [0.15, 0.2) is 0 Å². The molecule has 0 amide bonds. The molecule has 0 N–H and O–H groups in total. The first-order valence-corrected chi connectivity index (χ1v) is 7.85. The van der Waals surface area contributed by atoms with E-state index in [-0.39, 0.29) is 12.2 Å². The number of furan rings is 1. The topological polar surface area (TPSA) is 47.7 Å². The normalized spacial score (nSPS) is 28.5. The van der Waals surface area contributed by atoms with Crippen LogP contribution in [0, 0.1) is 0 Å². The van der Waals surface area contributed by atoms with E-state index >= 15 is 0 Å². The van der Waals surface area contributed by atoms with E-state index in [4.69, 9.17) is 13.9 Å². The van der Waals surface area contributed by atoms with Gasteiger partial charge in [0, 0.05) is 18.8 Å². The minimum atomic E-state index is 0.105. The summed E-state index contributed by atoms with van der Waals surface area (Å²) < 4.78 is 17.6. The summed E-state index contributed by atoms with van der Waals surface area (Å²) in [6, 6.07) is 8.22. The Labute approximate surface area is 129 Å². The Hall–Kier alpha value is -1.85. The van der Waals surface area contributed by atoms with E-state index in [1.54, 1.807) is 18.7 Å². The van der Waals surface area contributed by atoms with Crippen molar-refractivity contribution in [3.05, 3.63) is 48.7 Å². The Morgan fingerprint density at radius 3 is 3.09 bits per heavy atom. The van der Waals surface area contributed by atoms with Crippen molar-refractivity contribution >= 4 is 0 Å². The summed E-state index contributed by atoms with van der Waals surface area (Å²) in [6.45, 7) is 2.54. The van der Waals surface area contributed by atoms with Crippen molar-refractivity contribution in [1.29, 1.82) is 0 Å². The lowest BCUT2D eigenvalue weighted by Gasteiger charge is -2.38. The zero-order valence-corrected chi connectivity index (χ0v) is 12.4. The van der Waals surface area contributed by atoms with E-state index in [2.05, 4.69) is 9.88 Å². The van der Waals surface area contributed by atoms with Gasteiger partial charge in [-0.25, -0.2) is 0 Å². The van der Waals surface area contributed by atoms with Crippen LogP contribution in [0.25, 0.3) is 0 Å². The van der Waals surface area contributed by atoms with Gasteiger partial charge in [-0.05, 0) is 37.1 Å². The molecule has 3 atom stereocenters. The largest absolute Gasteiger partial charge is 0.486 e. The molecule has 1 saturated carbocycles. The summed E-state index contributed by atoms with van der Waals surface area (Å²) in [6.07, 6.45) is 7.59. The van der Waals surface area contributed by atoms with Gasteiger partial charge in [-0.3, -0.25) is 9.88 Å². The van der Waals surface area contributed by atoms with Crippen LogP contribution in [0.5, 0.6) is 5.75 Å². The Balaban J connectivity index is 1.44. The summed E-state index contributed by atoms with van der Waals surface area (Å²) in [5.41, 5.74) is 0. The smallest absolute Gasteiger partial charge is 0.138 e. The molecular weight excluding hydrogens is 280 g/mol. The summed E-state index contributed by atoms with van der Waals surface area (Å²) in [5, 5.41) is 0. The molecule has 2 fully saturated rings. The Morgan fingerprint density at radius 1 is 1.27 bits per heavy atom. The van der Waals surface area contributed by atoms with Crippen LogP contribution < -0.4 is 4.74 Å². The van der Waals surface area contributed by atoms with Gasteiger partial charge in [-0.15, -0.1) is 0 Å². The zero-order valence-electron chi connectivity index (χ0n) is 12.4. The number of aromatic nitrogens is 1. The monoisotopic (exact) mass is 300 g/mol. The Kier molecular flexibility index (Phi) is 3.83. The minimum absolute atomic E-state index is 0.105. The molecule has 5 nitrogen and oxygen atoms in total. The summed E-state index contributed by atoms with van der Waals surface area (Å²) in [7, 11) is 0. The molecule has 3 heterocycles. The second kappa shape index (κ2) is 6.10. The number of hydrogen-bond acceptors (Lipinski definition) is 5. The molecule has 22 heavy (non-hydrogen) atoms. The highest BCUT2D eigenvalue weighted by Crippen LogP contribution is 2.33. The van der Waals surface area contributed by atoms with Gasteiger partial charge in [0.25, 0.3) is 0 Å². The standard InChI is InChI=1S/C17H20N2O3/c1-3-13(11-18-7-1)22-16-6-5-15-17(16)21-10-8-19(15)12-14-4-2-9-20-14/h1-4,7,9,11,15-17H,5-6,8,10,12H2/t15-,16-,17+/m1/s1. The third-order valence-electron chi connectivity index (χ3n) is 4.51. The van der Waals surface area contributed by atoms with Crippen molar-refractivity contribution in [2.75, 3.05) is 13.2 Å². The molecule has 0 radical (unpaired) electrons. The van der Waals surface area contributed by atoms with Gasteiger partial charge in [-0.1, -0.05) is 0 Å². The van der Waals surface area contributed by atoms with E-state index in [1.807, 2.05) is 24.3 Å². The first kappa shape index (κ1) is 13.8. The van der Waals surface area contributed by atoms with E-state index in [0.29, 0.717) is 6.04 Å². The summed E-state index contributed by atoms with van der Waals surface area (Å²) in [4.78, 5) is 6.56. The van der Waals surface area contributed by atoms with E-state index < -0.39 is 0 Å². The first-order chi connectivity index (χ1) is 10.9. The zero-order chi connectivity index (χ0) is 14.8. The fourth-order valence-corrected chi connectivity index (χ4v) is 3.51. The van der Waals surface area contributed by atoms with Crippen LogP contribution in [0.3, 0.4) is 0 Å². The van der Waals surface area contributed by atoms with Gasteiger partial charge in [-0.2, -0.15) is 0 Å². The predicted octanol–water partition coefficient (Wildman–Crippen LogP) is 2.49. The number of pyridine rings is 1. The highest BCUT2D eigenvalue weighted by molar-refractivity contribution is 5.17. The average Bonchev–Trinajstić information content (AvgIpc) is 3.19. The van der Waals surface area contributed by atoms with Crippen LogP contribution >= 0.6 is 0 Å². The van der Waals surface area contributed by atoms with Crippen molar-refractivity contribution < 1.29 is 13.9 Å². The Bertz CT molecular complexity index is 587. The van der Waals surface area contributed by atoms with E-state index in [9.17, 15) is 0 Å². The molecule has 0 bridgehead atoms. The number of hydrogen-bond donors (Lipinski definition) is 0. The maximum absolute atomic E-state index is 6.09. The maximum Gasteiger partial charge on any atom is 0.138 e. The third kappa shape index (κ3) is 2.74. The van der Waals surface area contributed by atoms with Crippen molar-refractivity contribution in [2.45, 2.75) is 37.6 Å². The van der Waals surface area contributed by atoms with Crippen LogP contribution in [0.4, 0.5) is 0 Å². The molecule has 2 aromatic rings. The molecule has 0 unspecified atom stereocenters. The third-order valence-corrected chi connectivity index (χ3v) is 4.51. The van der Waals surface area contributed by atoms with Gasteiger partial charge >= 0.3 is 0 Å². The van der Waals surface area contributed by atoms with Crippen LogP contribution in [0.1, 0.15) is 18.6 Å². The highest BCUT2D eigenvalue weighted by Gasteiger charge is 2.44. The molecule has 1 aliphatic heterocycles. The van der Waals surface area contributed by atoms with E-state index in [1.165, 1.54) is 0 Å². The average molecular weight is 300 g/mol. The second-order valence-electron chi connectivity index (χ2n) is 5.87. The molecule has 1 saturated heterocycles. The van der Waals surface area contributed by atoms with Crippen LogP contribution in [-0.4, -0.2) is 41.3 Å². The lowest BCUT2D eigenvalue weighted by Crippen LogP contribution is -2.51. The fraction of sp³-hybridized carbons (Fsp3) is 0.471. The lowest BCUT2D eigenvalue weighted by atomic mass is 10.1. The minimum Gasteiger partial charge on any atom is -0.486 e. The molecule has 0 aromatic carbocycles. The fourth-order valence-electron chi connectivity index (χ4n) is 3.51. The molecule has 4 rings (SSSR count). The number of fused-ring (bicyclic) bond motifs is 1. The molecule has 5 heteroatoms. The van der Waals surface area contributed by atoms with Crippen molar-refractivity contribution in [3.63, 3.8) is 0 Å². The van der Waals surface area contributed by atoms with Gasteiger partial charge < -0.3 is 13.9 Å². The van der Waals surface area contributed by atoms with Crippen LogP contribution in [0.15, 0.2) is 47.3 Å². The number of morpholine rings is 1. The highest BCUT2D eigenvalue weighted by atomic mass is 16.5. The van der Waals surface area contributed by atoms with Crippen molar-refractivity contribution in [1.82, 2.24) is 9.88 Å². The lowest BCUT2D eigenvalue weighted by molar-refractivity contribution is -0.0929. The number of rotatable bonds is 4. The van der Waals surface area contributed by atoms with E-state index in [0.717, 1.165) is 44.0 Å². The second-order valence-corrected chi connectivity index (χ2v) is 5.87. The SMILES string of the molecule is c1cncc(O[C@@H]2CC[C@@H]3[C@@H]2OCCN3Cc2ccco2)c1.